The van der Waals surface area contributed by atoms with Crippen LogP contribution in [-0.2, 0) is 0 Å². The largest absolute Gasteiger partial charge is 0.340 e. The van der Waals surface area contributed by atoms with E-state index in [4.69, 9.17) is 11.0 Å². The number of likely N-dealkylation sites (N-methyl/N-ethyl adjacent to an activating group) is 1. The molecule has 4 heteroatoms. The zero-order chi connectivity index (χ0) is 11.3. The lowest BCUT2D eigenvalue weighted by Crippen LogP contribution is -2.31. The van der Waals surface area contributed by atoms with E-state index in [9.17, 15) is 4.79 Å². The second-order valence-electron chi connectivity index (χ2n) is 3.20. The Labute approximate surface area is 88.9 Å². The molecule has 0 aliphatic rings. The lowest BCUT2D eigenvalue weighted by atomic mass is 10.1. The van der Waals surface area contributed by atoms with Crippen molar-refractivity contribution in [3.63, 3.8) is 0 Å². The molecule has 0 aromatic heterocycles. The number of benzene rings is 1. The lowest BCUT2D eigenvalue weighted by molar-refractivity contribution is 0.0799. The number of carbonyl (C=O) groups excluding carboxylic acids is 1. The summed E-state index contributed by atoms with van der Waals surface area (Å²) >= 11 is 0. The van der Waals surface area contributed by atoms with Crippen molar-refractivity contribution in [1.29, 1.82) is 5.26 Å². The number of nitrogens with two attached hydrogens (primary N) is 1. The number of hydrogen-bond donors (Lipinski definition) is 1. The Hall–Kier alpha value is -1.86. The van der Waals surface area contributed by atoms with E-state index >= 15 is 0 Å². The Morgan fingerprint density at radius 3 is 2.53 bits per heavy atom. The summed E-state index contributed by atoms with van der Waals surface area (Å²) in [4.78, 5) is 13.3. The van der Waals surface area contributed by atoms with Crippen molar-refractivity contribution < 1.29 is 4.79 Å². The number of nitriles is 1. The molecule has 0 aliphatic carbocycles. The van der Waals surface area contributed by atoms with Gasteiger partial charge < -0.3 is 10.6 Å². The van der Waals surface area contributed by atoms with Crippen LogP contribution in [0.5, 0.6) is 0 Å². The van der Waals surface area contributed by atoms with Gasteiger partial charge in [0.05, 0.1) is 11.6 Å². The normalized spacial score (nSPS) is 9.40. The first-order valence-electron chi connectivity index (χ1n) is 4.64. The van der Waals surface area contributed by atoms with E-state index in [1.807, 2.05) is 6.07 Å². The average Bonchev–Trinajstić information content (AvgIpc) is 2.28. The van der Waals surface area contributed by atoms with Gasteiger partial charge >= 0.3 is 0 Å². The molecule has 78 valence electrons. The zero-order valence-electron chi connectivity index (χ0n) is 8.60. The minimum atomic E-state index is -0.0788. The topological polar surface area (TPSA) is 70.1 Å². The maximum absolute atomic E-state index is 11.7. The van der Waals surface area contributed by atoms with Crippen LogP contribution in [0.4, 0.5) is 0 Å². The molecule has 0 spiro atoms. The van der Waals surface area contributed by atoms with Gasteiger partial charge in [0.15, 0.2) is 0 Å². The first-order chi connectivity index (χ1) is 7.19. The van der Waals surface area contributed by atoms with E-state index in [0.29, 0.717) is 24.2 Å². The summed E-state index contributed by atoms with van der Waals surface area (Å²) in [5, 5.41) is 8.60. The molecule has 2 N–H and O–H groups in total. The highest BCUT2D eigenvalue weighted by molar-refractivity contribution is 5.94. The third-order valence-corrected chi connectivity index (χ3v) is 2.07. The molecule has 0 heterocycles. The van der Waals surface area contributed by atoms with E-state index in [1.165, 1.54) is 0 Å². The van der Waals surface area contributed by atoms with Gasteiger partial charge in [0.1, 0.15) is 0 Å². The Balaban J connectivity index is 2.79. The summed E-state index contributed by atoms with van der Waals surface area (Å²) in [6.07, 6.45) is 0. The molecule has 0 radical (unpaired) electrons. The number of amides is 1. The molecular weight excluding hydrogens is 190 g/mol. The van der Waals surface area contributed by atoms with Gasteiger partial charge in [0.25, 0.3) is 5.91 Å². The standard InChI is InChI=1S/C11H13N3O/c1-14(7-6-12)11(15)10-4-2-9(8-13)3-5-10/h2-5H,6-7,12H2,1H3. The molecule has 0 saturated heterocycles. The summed E-state index contributed by atoms with van der Waals surface area (Å²) < 4.78 is 0. The van der Waals surface area contributed by atoms with Gasteiger partial charge in [-0.15, -0.1) is 0 Å². The van der Waals surface area contributed by atoms with Crippen LogP contribution in [0.1, 0.15) is 15.9 Å². The highest BCUT2D eigenvalue weighted by Crippen LogP contribution is 2.05. The monoisotopic (exact) mass is 203 g/mol. The third-order valence-electron chi connectivity index (χ3n) is 2.07. The van der Waals surface area contributed by atoms with Gasteiger partial charge in [-0.05, 0) is 24.3 Å². The van der Waals surface area contributed by atoms with Crippen molar-refractivity contribution in [2.75, 3.05) is 20.1 Å². The van der Waals surface area contributed by atoms with E-state index in [-0.39, 0.29) is 5.91 Å². The van der Waals surface area contributed by atoms with Crippen LogP contribution in [0, 0.1) is 11.3 Å². The van der Waals surface area contributed by atoms with E-state index in [0.717, 1.165) is 0 Å². The molecule has 0 unspecified atom stereocenters. The fourth-order valence-corrected chi connectivity index (χ4v) is 1.20. The number of nitrogens with zero attached hydrogens (tertiary/aromatic N) is 2. The average molecular weight is 203 g/mol. The first kappa shape index (κ1) is 11.2. The summed E-state index contributed by atoms with van der Waals surface area (Å²) in [6.45, 7) is 0.970. The molecule has 0 saturated carbocycles. The van der Waals surface area contributed by atoms with E-state index in [1.54, 1.807) is 36.2 Å². The summed E-state index contributed by atoms with van der Waals surface area (Å²) in [6, 6.07) is 8.55. The molecule has 4 nitrogen and oxygen atoms in total. The van der Waals surface area contributed by atoms with Crippen molar-refractivity contribution in [2.45, 2.75) is 0 Å². The SMILES string of the molecule is CN(CCN)C(=O)c1ccc(C#N)cc1. The Kier molecular flexibility index (Phi) is 3.83. The van der Waals surface area contributed by atoms with Crippen LogP contribution < -0.4 is 5.73 Å². The van der Waals surface area contributed by atoms with Gasteiger partial charge in [-0.2, -0.15) is 5.26 Å². The van der Waals surface area contributed by atoms with Crippen molar-refractivity contribution in [3.05, 3.63) is 35.4 Å². The van der Waals surface area contributed by atoms with Crippen molar-refractivity contribution in [3.8, 4) is 6.07 Å². The second kappa shape index (κ2) is 5.13. The van der Waals surface area contributed by atoms with Gasteiger partial charge in [-0.3, -0.25) is 4.79 Å². The molecule has 1 aromatic rings. The molecule has 15 heavy (non-hydrogen) atoms. The smallest absolute Gasteiger partial charge is 0.253 e. The molecule has 1 amide bonds. The maximum atomic E-state index is 11.7. The predicted octanol–water partition coefficient (Wildman–Crippen LogP) is 0.589. The van der Waals surface area contributed by atoms with Crippen LogP contribution in [0.15, 0.2) is 24.3 Å². The van der Waals surface area contributed by atoms with E-state index < -0.39 is 0 Å². The van der Waals surface area contributed by atoms with Crippen LogP contribution >= 0.6 is 0 Å². The second-order valence-corrected chi connectivity index (χ2v) is 3.20. The fourth-order valence-electron chi connectivity index (χ4n) is 1.20. The number of hydrogen-bond acceptors (Lipinski definition) is 3. The Morgan fingerprint density at radius 2 is 2.07 bits per heavy atom. The van der Waals surface area contributed by atoms with Crippen molar-refractivity contribution in [2.24, 2.45) is 5.73 Å². The quantitative estimate of drug-likeness (QED) is 0.781. The van der Waals surface area contributed by atoms with Crippen LogP contribution in [0.2, 0.25) is 0 Å². The van der Waals surface area contributed by atoms with Gasteiger partial charge in [0.2, 0.25) is 0 Å². The van der Waals surface area contributed by atoms with Gasteiger partial charge in [-0.25, -0.2) is 0 Å². The molecule has 1 rings (SSSR count). The van der Waals surface area contributed by atoms with Gasteiger partial charge in [0, 0.05) is 25.7 Å². The fraction of sp³-hybridized carbons (Fsp3) is 0.273. The highest BCUT2D eigenvalue weighted by Gasteiger charge is 2.09. The van der Waals surface area contributed by atoms with Crippen LogP contribution in [0.25, 0.3) is 0 Å². The minimum absolute atomic E-state index is 0.0788. The van der Waals surface area contributed by atoms with Crippen molar-refractivity contribution >= 4 is 5.91 Å². The molecule has 0 atom stereocenters. The minimum Gasteiger partial charge on any atom is -0.340 e. The molecule has 0 aliphatic heterocycles. The Bertz CT molecular complexity index is 378. The molecule has 0 fully saturated rings. The third kappa shape index (κ3) is 2.79. The predicted molar refractivity (Wildman–Crippen MR) is 57.2 cm³/mol. The maximum Gasteiger partial charge on any atom is 0.253 e. The lowest BCUT2D eigenvalue weighted by Gasteiger charge is -2.15. The van der Waals surface area contributed by atoms with E-state index in [2.05, 4.69) is 0 Å². The number of carbonyl (C=O) groups is 1. The number of rotatable bonds is 3. The first-order valence-corrected chi connectivity index (χ1v) is 4.64. The van der Waals surface area contributed by atoms with Crippen LogP contribution in [-0.4, -0.2) is 30.9 Å². The van der Waals surface area contributed by atoms with Crippen LogP contribution in [0.3, 0.4) is 0 Å². The summed E-state index contributed by atoms with van der Waals surface area (Å²) in [5.74, 6) is -0.0788. The zero-order valence-corrected chi connectivity index (χ0v) is 8.60. The Morgan fingerprint density at radius 1 is 1.47 bits per heavy atom. The molecular formula is C11H13N3O. The molecule has 0 bridgehead atoms. The summed E-state index contributed by atoms with van der Waals surface area (Å²) in [5.41, 5.74) is 6.48. The highest BCUT2D eigenvalue weighted by atomic mass is 16.2. The van der Waals surface area contributed by atoms with Gasteiger partial charge in [-0.1, -0.05) is 0 Å². The summed E-state index contributed by atoms with van der Waals surface area (Å²) in [7, 11) is 1.70. The van der Waals surface area contributed by atoms with Crippen molar-refractivity contribution in [1.82, 2.24) is 4.90 Å². The molecule has 1 aromatic carbocycles.